The van der Waals surface area contributed by atoms with Gasteiger partial charge in [-0.3, -0.25) is 9.78 Å². The Bertz CT molecular complexity index is 631. The third-order valence-corrected chi connectivity index (χ3v) is 3.63. The molecule has 0 fully saturated rings. The van der Waals surface area contributed by atoms with E-state index >= 15 is 0 Å². The van der Waals surface area contributed by atoms with Gasteiger partial charge in [-0.05, 0) is 36.8 Å². The molecule has 3 N–H and O–H groups in total. The molecule has 0 spiro atoms. The second-order valence-electron chi connectivity index (χ2n) is 5.55. The average Bonchev–Trinajstić information content (AvgIpc) is 2.60. The fourth-order valence-electron chi connectivity index (χ4n) is 2.06. The van der Waals surface area contributed by atoms with Crippen LogP contribution in [0.2, 0.25) is 0 Å². The van der Waals surface area contributed by atoms with Crippen LogP contribution in [-0.2, 0) is 11.4 Å². The van der Waals surface area contributed by atoms with Crippen molar-refractivity contribution in [1.29, 1.82) is 0 Å². The molecule has 1 aromatic heterocycles. The number of rotatable bonds is 7. The first-order valence-electron chi connectivity index (χ1n) is 7.73. The highest BCUT2D eigenvalue weighted by Crippen LogP contribution is 2.20. The predicted octanol–water partition coefficient (Wildman–Crippen LogP) is 2.43. The molecule has 1 amide bonds. The summed E-state index contributed by atoms with van der Waals surface area (Å²) in [5.41, 5.74) is 7.38. The summed E-state index contributed by atoms with van der Waals surface area (Å²) in [5, 5.41) is 2.96. The van der Waals surface area contributed by atoms with E-state index in [1.807, 2.05) is 56.3 Å². The third kappa shape index (κ3) is 5.07. The van der Waals surface area contributed by atoms with Crippen molar-refractivity contribution in [3.8, 4) is 5.75 Å². The highest BCUT2D eigenvalue weighted by molar-refractivity contribution is 5.78. The quantitative estimate of drug-likeness (QED) is 0.823. The highest BCUT2D eigenvalue weighted by atomic mass is 16.5. The number of hydrogen-bond acceptors (Lipinski definition) is 4. The number of carbonyl (C=O) groups is 1. The number of ether oxygens (including phenoxy) is 1. The smallest absolute Gasteiger partial charge is 0.224 e. The number of aromatic nitrogens is 1. The zero-order chi connectivity index (χ0) is 16.7. The van der Waals surface area contributed by atoms with Gasteiger partial charge in [0, 0.05) is 18.7 Å². The van der Waals surface area contributed by atoms with Crippen LogP contribution in [0.3, 0.4) is 0 Å². The lowest BCUT2D eigenvalue weighted by Crippen LogP contribution is -2.34. The van der Waals surface area contributed by atoms with Gasteiger partial charge in [-0.1, -0.05) is 25.1 Å². The van der Waals surface area contributed by atoms with Gasteiger partial charge in [0.2, 0.25) is 5.91 Å². The molecule has 23 heavy (non-hydrogen) atoms. The molecule has 0 saturated carbocycles. The molecule has 2 aromatic rings. The van der Waals surface area contributed by atoms with Crippen molar-refractivity contribution in [3.05, 3.63) is 59.9 Å². The van der Waals surface area contributed by atoms with Crippen molar-refractivity contribution >= 4 is 5.91 Å². The normalized spacial score (nSPS) is 13.2. The Hall–Kier alpha value is -2.40. The van der Waals surface area contributed by atoms with Crippen molar-refractivity contribution in [2.45, 2.75) is 26.5 Å². The van der Waals surface area contributed by atoms with Gasteiger partial charge in [0.15, 0.2) is 0 Å². The van der Waals surface area contributed by atoms with Gasteiger partial charge in [0.1, 0.15) is 12.4 Å². The summed E-state index contributed by atoms with van der Waals surface area (Å²) in [5.74, 6) is 0.516. The molecule has 0 saturated heterocycles. The van der Waals surface area contributed by atoms with Gasteiger partial charge >= 0.3 is 0 Å². The zero-order valence-electron chi connectivity index (χ0n) is 13.5. The summed E-state index contributed by atoms with van der Waals surface area (Å²) in [6, 6.07) is 13.3. The highest BCUT2D eigenvalue weighted by Gasteiger charge is 2.15. The second-order valence-corrected chi connectivity index (χ2v) is 5.55. The van der Waals surface area contributed by atoms with Gasteiger partial charge in [-0.15, -0.1) is 0 Å². The van der Waals surface area contributed by atoms with E-state index in [0.29, 0.717) is 13.2 Å². The maximum Gasteiger partial charge on any atom is 0.224 e. The summed E-state index contributed by atoms with van der Waals surface area (Å²) in [6.45, 7) is 4.51. The minimum absolute atomic E-state index is 0.0418. The number of benzene rings is 1. The number of pyridine rings is 1. The Morgan fingerprint density at radius 1 is 1.26 bits per heavy atom. The molecule has 5 nitrogen and oxygen atoms in total. The minimum atomic E-state index is -0.193. The second kappa shape index (κ2) is 8.29. The summed E-state index contributed by atoms with van der Waals surface area (Å²) in [4.78, 5) is 16.1. The van der Waals surface area contributed by atoms with E-state index in [-0.39, 0.29) is 17.9 Å². The van der Waals surface area contributed by atoms with Crippen LogP contribution in [0, 0.1) is 5.92 Å². The van der Waals surface area contributed by atoms with Gasteiger partial charge in [0.05, 0.1) is 11.7 Å². The number of hydrogen-bond donors (Lipinski definition) is 2. The Balaban J connectivity index is 1.97. The summed E-state index contributed by atoms with van der Waals surface area (Å²) < 4.78 is 5.76. The monoisotopic (exact) mass is 313 g/mol. The first-order valence-corrected chi connectivity index (χ1v) is 7.73. The molecule has 0 bridgehead atoms. The maximum absolute atomic E-state index is 11.9. The lowest BCUT2D eigenvalue weighted by Gasteiger charge is -2.18. The molecular weight excluding hydrogens is 290 g/mol. The Kier molecular flexibility index (Phi) is 6.11. The molecule has 0 aliphatic carbocycles. The van der Waals surface area contributed by atoms with Gasteiger partial charge < -0.3 is 15.8 Å². The first kappa shape index (κ1) is 17.0. The summed E-state index contributed by atoms with van der Waals surface area (Å²) in [6.07, 6.45) is 1.74. The van der Waals surface area contributed by atoms with Crippen molar-refractivity contribution in [1.82, 2.24) is 10.3 Å². The third-order valence-electron chi connectivity index (χ3n) is 3.63. The maximum atomic E-state index is 11.9. The van der Waals surface area contributed by atoms with Crippen molar-refractivity contribution in [3.63, 3.8) is 0 Å². The van der Waals surface area contributed by atoms with E-state index in [1.54, 1.807) is 6.20 Å². The zero-order valence-corrected chi connectivity index (χ0v) is 13.5. The van der Waals surface area contributed by atoms with E-state index in [2.05, 4.69) is 10.3 Å². The molecule has 0 aliphatic rings. The SMILES string of the molecule is CC(CN)C(=O)NC(C)c1cccc(OCc2ccccn2)c1. The van der Waals surface area contributed by atoms with Gasteiger partial charge in [0.25, 0.3) is 0 Å². The molecule has 1 heterocycles. The number of amides is 1. The van der Waals surface area contributed by atoms with Crippen LogP contribution in [0.4, 0.5) is 0 Å². The molecule has 0 radical (unpaired) electrons. The molecule has 122 valence electrons. The number of nitrogens with zero attached hydrogens (tertiary/aromatic N) is 1. The Morgan fingerprint density at radius 3 is 2.78 bits per heavy atom. The molecule has 0 aliphatic heterocycles. The lowest BCUT2D eigenvalue weighted by atomic mass is 10.1. The minimum Gasteiger partial charge on any atom is -0.487 e. The summed E-state index contributed by atoms with van der Waals surface area (Å²) >= 11 is 0. The molecule has 2 unspecified atom stereocenters. The molecule has 1 aromatic carbocycles. The molecule has 2 rings (SSSR count). The topological polar surface area (TPSA) is 77.2 Å². The largest absolute Gasteiger partial charge is 0.487 e. The number of nitrogens with one attached hydrogen (secondary N) is 1. The van der Waals surface area contributed by atoms with Gasteiger partial charge in [-0.2, -0.15) is 0 Å². The van der Waals surface area contributed by atoms with Crippen LogP contribution in [0.25, 0.3) is 0 Å². The van der Waals surface area contributed by atoms with E-state index < -0.39 is 0 Å². The Morgan fingerprint density at radius 2 is 2.09 bits per heavy atom. The van der Waals surface area contributed by atoms with Crippen LogP contribution in [0.1, 0.15) is 31.1 Å². The fraction of sp³-hybridized carbons (Fsp3) is 0.333. The van der Waals surface area contributed by atoms with Crippen LogP contribution in [0.15, 0.2) is 48.7 Å². The van der Waals surface area contributed by atoms with E-state index in [4.69, 9.17) is 10.5 Å². The summed E-state index contributed by atoms with van der Waals surface area (Å²) in [7, 11) is 0. The predicted molar refractivity (Wildman–Crippen MR) is 89.8 cm³/mol. The van der Waals surface area contributed by atoms with E-state index in [1.165, 1.54) is 0 Å². The van der Waals surface area contributed by atoms with E-state index in [0.717, 1.165) is 17.0 Å². The van der Waals surface area contributed by atoms with Gasteiger partial charge in [-0.25, -0.2) is 0 Å². The molecule has 5 heteroatoms. The van der Waals surface area contributed by atoms with Crippen molar-refractivity contribution in [2.24, 2.45) is 11.7 Å². The fourth-order valence-corrected chi connectivity index (χ4v) is 2.06. The number of carbonyl (C=O) groups excluding carboxylic acids is 1. The molecule has 2 atom stereocenters. The Labute approximate surface area is 136 Å². The lowest BCUT2D eigenvalue weighted by molar-refractivity contribution is -0.124. The van der Waals surface area contributed by atoms with Crippen molar-refractivity contribution < 1.29 is 9.53 Å². The van der Waals surface area contributed by atoms with Crippen molar-refractivity contribution in [2.75, 3.05) is 6.54 Å². The van der Waals surface area contributed by atoms with Crippen LogP contribution in [0.5, 0.6) is 5.75 Å². The van der Waals surface area contributed by atoms with Crippen LogP contribution >= 0.6 is 0 Å². The standard InChI is InChI=1S/C18H23N3O2/c1-13(11-19)18(22)21-14(2)15-6-5-8-17(10-15)23-12-16-7-3-4-9-20-16/h3-10,13-14H,11-12,19H2,1-2H3,(H,21,22). The number of nitrogens with two attached hydrogens (primary N) is 1. The molecular formula is C18H23N3O2. The van der Waals surface area contributed by atoms with Crippen LogP contribution < -0.4 is 15.8 Å². The van der Waals surface area contributed by atoms with E-state index in [9.17, 15) is 4.79 Å². The van der Waals surface area contributed by atoms with Crippen LogP contribution in [-0.4, -0.2) is 17.4 Å². The first-order chi connectivity index (χ1) is 11.1. The average molecular weight is 313 g/mol.